The lowest BCUT2D eigenvalue weighted by Gasteiger charge is -2.23. The number of rotatable bonds is 4. The molecular weight excluding hydrogens is 243 g/mol. The van der Waals surface area contributed by atoms with Crippen molar-refractivity contribution in [3.8, 4) is 5.75 Å². The highest BCUT2D eigenvalue weighted by Gasteiger charge is 2.09. The summed E-state index contributed by atoms with van der Waals surface area (Å²) in [7, 11) is 0. The molecule has 4 heteroatoms. The SMILES string of the molecule is CCN(Cc1ccc(N)cc1F)c1cccc(O)c1. The summed E-state index contributed by atoms with van der Waals surface area (Å²) in [5, 5.41) is 9.50. The number of anilines is 2. The van der Waals surface area contributed by atoms with Gasteiger partial charge in [-0.3, -0.25) is 0 Å². The van der Waals surface area contributed by atoms with Crippen LogP contribution in [0.1, 0.15) is 12.5 Å². The number of aromatic hydroxyl groups is 1. The number of benzene rings is 2. The van der Waals surface area contributed by atoms with Crippen LogP contribution >= 0.6 is 0 Å². The summed E-state index contributed by atoms with van der Waals surface area (Å²) in [5.41, 5.74) is 7.40. The molecule has 0 spiro atoms. The van der Waals surface area contributed by atoms with Gasteiger partial charge in [0, 0.05) is 36.1 Å². The van der Waals surface area contributed by atoms with Gasteiger partial charge in [-0.2, -0.15) is 0 Å². The van der Waals surface area contributed by atoms with Crippen LogP contribution in [-0.2, 0) is 6.54 Å². The molecule has 2 rings (SSSR count). The highest BCUT2D eigenvalue weighted by molar-refractivity contribution is 5.51. The van der Waals surface area contributed by atoms with E-state index in [9.17, 15) is 9.50 Å². The van der Waals surface area contributed by atoms with Gasteiger partial charge in [0.15, 0.2) is 0 Å². The van der Waals surface area contributed by atoms with Crippen LogP contribution in [0, 0.1) is 5.82 Å². The molecule has 3 N–H and O–H groups in total. The molecule has 2 aromatic rings. The quantitative estimate of drug-likeness (QED) is 0.830. The molecular formula is C15H17FN2O. The van der Waals surface area contributed by atoms with E-state index in [-0.39, 0.29) is 11.6 Å². The number of nitrogen functional groups attached to an aromatic ring is 1. The van der Waals surface area contributed by atoms with E-state index in [4.69, 9.17) is 5.73 Å². The van der Waals surface area contributed by atoms with Crippen molar-refractivity contribution >= 4 is 11.4 Å². The van der Waals surface area contributed by atoms with Crippen molar-refractivity contribution in [1.29, 1.82) is 0 Å². The molecule has 3 nitrogen and oxygen atoms in total. The van der Waals surface area contributed by atoms with Gasteiger partial charge in [0.05, 0.1) is 0 Å². The minimum Gasteiger partial charge on any atom is -0.508 e. The maximum absolute atomic E-state index is 13.8. The van der Waals surface area contributed by atoms with Gasteiger partial charge in [0.1, 0.15) is 11.6 Å². The van der Waals surface area contributed by atoms with E-state index in [2.05, 4.69) is 0 Å². The van der Waals surface area contributed by atoms with Crippen molar-refractivity contribution < 1.29 is 9.50 Å². The zero-order valence-corrected chi connectivity index (χ0v) is 10.8. The lowest BCUT2D eigenvalue weighted by atomic mass is 10.1. The van der Waals surface area contributed by atoms with Gasteiger partial charge >= 0.3 is 0 Å². The normalized spacial score (nSPS) is 10.4. The average Bonchev–Trinajstić information content (AvgIpc) is 2.38. The van der Waals surface area contributed by atoms with Crippen LogP contribution in [0.25, 0.3) is 0 Å². The summed E-state index contributed by atoms with van der Waals surface area (Å²) in [6.07, 6.45) is 0. The molecule has 0 bridgehead atoms. The third-order valence-electron chi connectivity index (χ3n) is 3.01. The largest absolute Gasteiger partial charge is 0.508 e. The van der Waals surface area contributed by atoms with Gasteiger partial charge in [-0.25, -0.2) is 4.39 Å². The molecule has 100 valence electrons. The van der Waals surface area contributed by atoms with Crippen LogP contribution < -0.4 is 10.6 Å². The Bertz CT molecular complexity index is 572. The van der Waals surface area contributed by atoms with Crippen LogP contribution in [0.15, 0.2) is 42.5 Å². The molecule has 0 atom stereocenters. The van der Waals surface area contributed by atoms with E-state index in [1.54, 1.807) is 30.3 Å². The number of phenolic OH excluding ortho intramolecular Hbond substituents is 1. The van der Waals surface area contributed by atoms with E-state index in [0.29, 0.717) is 24.3 Å². The molecule has 0 aliphatic rings. The maximum atomic E-state index is 13.8. The lowest BCUT2D eigenvalue weighted by molar-refractivity contribution is 0.475. The number of hydrogen-bond acceptors (Lipinski definition) is 3. The third-order valence-corrected chi connectivity index (χ3v) is 3.01. The van der Waals surface area contributed by atoms with Crippen molar-refractivity contribution in [2.75, 3.05) is 17.2 Å². The fraction of sp³-hybridized carbons (Fsp3) is 0.200. The van der Waals surface area contributed by atoms with Crippen molar-refractivity contribution in [3.05, 3.63) is 53.8 Å². The molecule has 0 saturated carbocycles. The van der Waals surface area contributed by atoms with Gasteiger partial charge < -0.3 is 15.7 Å². The predicted octanol–water partition coefficient (Wildman–Crippen LogP) is 3.14. The van der Waals surface area contributed by atoms with Gasteiger partial charge in [-0.05, 0) is 31.2 Å². The first-order chi connectivity index (χ1) is 9.10. The van der Waals surface area contributed by atoms with Crippen LogP contribution in [0.5, 0.6) is 5.75 Å². The maximum Gasteiger partial charge on any atom is 0.130 e. The first-order valence-electron chi connectivity index (χ1n) is 6.18. The Morgan fingerprint density at radius 2 is 2.00 bits per heavy atom. The zero-order valence-electron chi connectivity index (χ0n) is 10.8. The van der Waals surface area contributed by atoms with E-state index in [1.807, 2.05) is 17.9 Å². The Balaban J connectivity index is 2.24. The lowest BCUT2D eigenvalue weighted by Crippen LogP contribution is -2.22. The number of hydrogen-bond donors (Lipinski definition) is 2. The Kier molecular flexibility index (Phi) is 3.90. The number of halogens is 1. The number of phenols is 1. The van der Waals surface area contributed by atoms with Gasteiger partial charge in [0.25, 0.3) is 0 Å². The minimum absolute atomic E-state index is 0.203. The molecule has 0 amide bonds. The molecule has 19 heavy (non-hydrogen) atoms. The van der Waals surface area contributed by atoms with Crippen LogP contribution in [0.2, 0.25) is 0 Å². The van der Waals surface area contributed by atoms with E-state index in [1.165, 1.54) is 6.07 Å². The number of nitrogens with zero attached hydrogens (tertiary/aromatic N) is 1. The third kappa shape index (κ3) is 3.16. The Labute approximate surface area is 112 Å². The van der Waals surface area contributed by atoms with Gasteiger partial charge in [-0.15, -0.1) is 0 Å². The average molecular weight is 260 g/mol. The second kappa shape index (κ2) is 5.61. The topological polar surface area (TPSA) is 49.5 Å². The van der Waals surface area contributed by atoms with E-state index < -0.39 is 0 Å². The first-order valence-corrected chi connectivity index (χ1v) is 6.18. The molecule has 0 aromatic heterocycles. The van der Waals surface area contributed by atoms with Crippen molar-refractivity contribution in [2.45, 2.75) is 13.5 Å². The monoisotopic (exact) mass is 260 g/mol. The standard InChI is InChI=1S/C15H17FN2O/c1-2-18(13-4-3-5-14(19)9-13)10-11-6-7-12(17)8-15(11)16/h3-9,19H,2,10,17H2,1H3. The summed E-state index contributed by atoms with van der Waals surface area (Å²) in [5.74, 6) is -0.104. The van der Waals surface area contributed by atoms with Crippen molar-refractivity contribution in [2.24, 2.45) is 0 Å². The van der Waals surface area contributed by atoms with Crippen molar-refractivity contribution in [3.63, 3.8) is 0 Å². The Hall–Kier alpha value is -2.23. The summed E-state index contributed by atoms with van der Waals surface area (Å²) in [6.45, 7) is 3.14. The van der Waals surface area contributed by atoms with Gasteiger partial charge in [0.2, 0.25) is 0 Å². The van der Waals surface area contributed by atoms with Crippen LogP contribution in [0.3, 0.4) is 0 Å². The smallest absolute Gasteiger partial charge is 0.130 e. The fourth-order valence-corrected chi connectivity index (χ4v) is 1.97. The summed E-state index contributed by atoms with van der Waals surface area (Å²) < 4.78 is 13.8. The zero-order chi connectivity index (χ0) is 13.8. The Morgan fingerprint density at radius 3 is 2.63 bits per heavy atom. The molecule has 0 unspecified atom stereocenters. The molecule has 0 aliphatic heterocycles. The first kappa shape index (κ1) is 13.2. The molecule has 0 saturated heterocycles. The van der Waals surface area contributed by atoms with Crippen LogP contribution in [0.4, 0.5) is 15.8 Å². The number of nitrogens with two attached hydrogens (primary N) is 1. The highest BCUT2D eigenvalue weighted by atomic mass is 19.1. The Morgan fingerprint density at radius 1 is 1.21 bits per heavy atom. The van der Waals surface area contributed by atoms with E-state index >= 15 is 0 Å². The van der Waals surface area contributed by atoms with Crippen molar-refractivity contribution in [1.82, 2.24) is 0 Å². The second-order valence-corrected chi connectivity index (χ2v) is 4.38. The van der Waals surface area contributed by atoms with E-state index in [0.717, 1.165) is 5.69 Å². The predicted molar refractivity (Wildman–Crippen MR) is 75.6 cm³/mol. The summed E-state index contributed by atoms with van der Waals surface area (Å²) in [6, 6.07) is 11.6. The summed E-state index contributed by atoms with van der Waals surface area (Å²) >= 11 is 0. The minimum atomic E-state index is -0.307. The molecule has 0 radical (unpaired) electrons. The van der Waals surface area contributed by atoms with Gasteiger partial charge in [-0.1, -0.05) is 12.1 Å². The van der Waals surface area contributed by atoms with Crippen LogP contribution in [-0.4, -0.2) is 11.7 Å². The molecule has 2 aromatic carbocycles. The molecule has 0 heterocycles. The highest BCUT2D eigenvalue weighted by Crippen LogP contribution is 2.23. The fourth-order valence-electron chi connectivity index (χ4n) is 1.97. The summed E-state index contributed by atoms with van der Waals surface area (Å²) in [4.78, 5) is 1.98. The molecule has 0 aliphatic carbocycles. The molecule has 0 fully saturated rings. The second-order valence-electron chi connectivity index (χ2n) is 4.38.